The maximum absolute atomic E-state index is 10.9. The van der Waals surface area contributed by atoms with Crippen molar-refractivity contribution in [3.8, 4) is 0 Å². The van der Waals surface area contributed by atoms with Gasteiger partial charge < -0.3 is 24.1 Å². The van der Waals surface area contributed by atoms with E-state index in [1.54, 1.807) is 0 Å². The van der Waals surface area contributed by atoms with Crippen molar-refractivity contribution in [2.45, 2.75) is 113 Å². The molecule has 2 aliphatic heterocycles. The summed E-state index contributed by atoms with van der Waals surface area (Å²) in [5.41, 5.74) is 0. The molecule has 3 saturated carbocycles. The van der Waals surface area contributed by atoms with Gasteiger partial charge in [-0.3, -0.25) is 0 Å². The van der Waals surface area contributed by atoms with Gasteiger partial charge in [-0.15, -0.1) is 0 Å². The number of fused-ring (bicyclic) bond motifs is 2. The van der Waals surface area contributed by atoms with Gasteiger partial charge in [0.05, 0.1) is 12.2 Å². The van der Waals surface area contributed by atoms with Gasteiger partial charge >= 0.3 is 0 Å². The van der Waals surface area contributed by atoms with Gasteiger partial charge in [-0.05, 0) is 25.7 Å². The van der Waals surface area contributed by atoms with Gasteiger partial charge in [0.15, 0.2) is 11.6 Å². The summed E-state index contributed by atoms with van der Waals surface area (Å²) in [7, 11) is 0. The van der Waals surface area contributed by atoms with Crippen LogP contribution in [0.1, 0.15) is 70.6 Å². The van der Waals surface area contributed by atoms with Gasteiger partial charge in [-0.25, -0.2) is 0 Å². The molecule has 1 unspecified atom stereocenters. The molecule has 0 aromatic rings. The van der Waals surface area contributed by atoms with Crippen LogP contribution in [0.25, 0.3) is 0 Å². The molecule has 2 spiro atoms. The Labute approximate surface area is 137 Å². The van der Waals surface area contributed by atoms with Gasteiger partial charge in [0, 0.05) is 32.1 Å². The number of ether oxygens (including phenoxy) is 4. The first-order valence-electron chi connectivity index (χ1n) is 9.58. The molecule has 5 heteroatoms. The number of hydrogen-bond acceptors (Lipinski definition) is 5. The highest BCUT2D eigenvalue weighted by molar-refractivity contribution is 5.05. The van der Waals surface area contributed by atoms with Crippen molar-refractivity contribution < 1.29 is 24.1 Å². The fourth-order valence-electron chi connectivity index (χ4n) is 5.40. The number of aliphatic hydroxyl groups is 1. The van der Waals surface area contributed by atoms with E-state index in [2.05, 4.69) is 0 Å². The Morgan fingerprint density at radius 3 is 1.48 bits per heavy atom. The van der Waals surface area contributed by atoms with Gasteiger partial charge in [-0.1, -0.05) is 12.8 Å². The molecule has 1 N–H and O–H groups in total. The predicted molar refractivity (Wildman–Crippen MR) is 81.7 cm³/mol. The van der Waals surface area contributed by atoms with E-state index in [4.69, 9.17) is 18.9 Å². The zero-order valence-corrected chi connectivity index (χ0v) is 13.7. The van der Waals surface area contributed by atoms with E-state index in [1.807, 2.05) is 0 Å². The van der Waals surface area contributed by atoms with Crippen molar-refractivity contribution >= 4 is 0 Å². The maximum atomic E-state index is 10.9. The van der Waals surface area contributed by atoms with Crippen molar-refractivity contribution in [1.29, 1.82) is 0 Å². The molecular weight excluding hydrogens is 296 g/mol. The predicted octanol–water partition coefficient (Wildman–Crippen LogP) is 2.64. The minimum atomic E-state index is -0.638. The molecule has 2 saturated heterocycles. The number of aliphatic hydroxyl groups excluding tert-OH is 1. The summed E-state index contributed by atoms with van der Waals surface area (Å²) in [6, 6.07) is 0. The molecule has 130 valence electrons. The lowest BCUT2D eigenvalue weighted by atomic mass is 9.87. The molecule has 5 fully saturated rings. The van der Waals surface area contributed by atoms with E-state index in [1.165, 1.54) is 12.8 Å². The first kappa shape index (κ1) is 15.1. The molecule has 23 heavy (non-hydrogen) atoms. The summed E-state index contributed by atoms with van der Waals surface area (Å²) in [6.07, 6.45) is 10.5. The third-order valence-corrected chi connectivity index (χ3v) is 6.54. The zero-order valence-electron chi connectivity index (χ0n) is 13.7. The minimum Gasteiger partial charge on any atom is -0.387 e. The molecule has 2 heterocycles. The average Bonchev–Trinajstić information content (AvgIpc) is 3.08. The first-order valence-corrected chi connectivity index (χ1v) is 9.58. The Kier molecular flexibility index (Phi) is 3.54. The molecule has 0 radical (unpaired) electrons. The molecule has 0 amide bonds. The highest BCUT2D eigenvalue weighted by atomic mass is 16.8. The zero-order chi connectivity index (χ0) is 15.5. The lowest BCUT2D eigenvalue weighted by molar-refractivity contribution is -0.219. The molecule has 0 aromatic carbocycles. The van der Waals surface area contributed by atoms with Crippen LogP contribution in [0.2, 0.25) is 0 Å². The van der Waals surface area contributed by atoms with Gasteiger partial charge in [-0.2, -0.15) is 0 Å². The van der Waals surface area contributed by atoms with Crippen LogP contribution in [0, 0.1) is 0 Å². The Hall–Kier alpha value is -0.200. The standard InChI is InChI=1S/C18H28O5/c19-14-15-12(20-17(22-15)7-3-1-4-8-17)11-13-16(14)23-18(21-13)9-5-2-6-10-18/h12-16,19H,1-11H2/t12-,13+,14?,15-,16-/m0/s1. The summed E-state index contributed by atoms with van der Waals surface area (Å²) in [5.74, 6) is -0.897. The number of rotatable bonds is 0. The topological polar surface area (TPSA) is 57.2 Å². The summed E-state index contributed by atoms with van der Waals surface area (Å²) < 4.78 is 25.2. The second-order valence-electron chi connectivity index (χ2n) is 8.15. The monoisotopic (exact) mass is 324 g/mol. The van der Waals surface area contributed by atoms with Gasteiger partial charge in [0.25, 0.3) is 0 Å². The van der Waals surface area contributed by atoms with Crippen molar-refractivity contribution in [3.05, 3.63) is 0 Å². The van der Waals surface area contributed by atoms with Crippen LogP contribution in [0.3, 0.4) is 0 Å². The smallest absolute Gasteiger partial charge is 0.169 e. The quantitative estimate of drug-likeness (QED) is 0.742. The molecule has 5 atom stereocenters. The minimum absolute atomic E-state index is 0.0494. The Morgan fingerprint density at radius 1 is 0.609 bits per heavy atom. The van der Waals surface area contributed by atoms with Crippen molar-refractivity contribution in [1.82, 2.24) is 0 Å². The van der Waals surface area contributed by atoms with E-state index in [-0.39, 0.29) is 24.4 Å². The van der Waals surface area contributed by atoms with E-state index in [9.17, 15) is 5.11 Å². The van der Waals surface area contributed by atoms with Crippen LogP contribution >= 0.6 is 0 Å². The van der Waals surface area contributed by atoms with E-state index in [0.29, 0.717) is 0 Å². The lowest BCUT2D eigenvalue weighted by Gasteiger charge is -2.35. The second-order valence-corrected chi connectivity index (χ2v) is 8.15. The van der Waals surface area contributed by atoms with Crippen LogP contribution in [0.4, 0.5) is 0 Å². The molecule has 0 bridgehead atoms. The summed E-state index contributed by atoms with van der Waals surface area (Å²) in [4.78, 5) is 0. The molecule has 3 aliphatic carbocycles. The van der Waals surface area contributed by atoms with Crippen molar-refractivity contribution in [2.75, 3.05) is 0 Å². The van der Waals surface area contributed by atoms with Crippen LogP contribution in [-0.4, -0.2) is 47.2 Å². The Bertz CT molecular complexity index is 414. The molecule has 5 nitrogen and oxygen atoms in total. The lowest BCUT2D eigenvalue weighted by Crippen LogP contribution is -2.53. The van der Waals surface area contributed by atoms with Crippen molar-refractivity contribution in [2.24, 2.45) is 0 Å². The first-order chi connectivity index (χ1) is 11.2. The van der Waals surface area contributed by atoms with E-state index in [0.717, 1.165) is 57.8 Å². The fraction of sp³-hybridized carbons (Fsp3) is 1.00. The van der Waals surface area contributed by atoms with E-state index >= 15 is 0 Å². The third-order valence-electron chi connectivity index (χ3n) is 6.54. The third kappa shape index (κ3) is 2.39. The average molecular weight is 324 g/mol. The Balaban J connectivity index is 1.33. The van der Waals surface area contributed by atoms with Crippen LogP contribution in [-0.2, 0) is 18.9 Å². The Morgan fingerprint density at radius 2 is 1.04 bits per heavy atom. The molecule has 0 aromatic heterocycles. The SMILES string of the molecule is OC1[C@H]2OC3(CCCCC3)O[C@H]2C[C@H]2OC3(CCCCC3)O[C@H]12. The van der Waals surface area contributed by atoms with Crippen LogP contribution < -0.4 is 0 Å². The van der Waals surface area contributed by atoms with E-state index < -0.39 is 17.7 Å². The summed E-state index contributed by atoms with van der Waals surface area (Å²) in [5, 5.41) is 10.9. The van der Waals surface area contributed by atoms with Crippen molar-refractivity contribution in [3.63, 3.8) is 0 Å². The molecule has 5 rings (SSSR count). The maximum Gasteiger partial charge on any atom is 0.169 e. The van der Waals surface area contributed by atoms with Crippen LogP contribution in [0.15, 0.2) is 0 Å². The molecule has 5 aliphatic rings. The second kappa shape index (κ2) is 5.40. The molecular formula is C18H28O5. The van der Waals surface area contributed by atoms with Crippen LogP contribution in [0.5, 0.6) is 0 Å². The summed E-state index contributed by atoms with van der Waals surface area (Å²) >= 11 is 0. The largest absolute Gasteiger partial charge is 0.387 e. The highest BCUT2D eigenvalue weighted by Gasteiger charge is 2.61. The number of hydrogen-bond donors (Lipinski definition) is 1. The summed E-state index contributed by atoms with van der Waals surface area (Å²) in [6.45, 7) is 0. The highest BCUT2D eigenvalue weighted by Crippen LogP contribution is 2.50. The van der Waals surface area contributed by atoms with Gasteiger partial charge in [0.1, 0.15) is 18.3 Å². The van der Waals surface area contributed by atoms with Gasteiger partial charge in [0.2, 0.25) is 0 Å². The fourth-order valence-corrected chi connectivity index (χ4v) is 5.40. The normalized spacial score (nSPS) is 47.6.